The van der Waals surface area contributed by atoms with Crippen molar-refractivity contribution in [2.45, 2.75) is 0 Å². The summed E-state index contributed by atoms with van der Waals surface area (Å²) < 4.78 is 9.63. The molecule has 2 nitrogen and oxygen atoms in total. The van der Waals surface area contributed by atoms with Gasteiger partial charge in [0.2, 0.25) is 0 Å². The van der Waals surface area contributed by atoms with Crippen LogP contribution in [0.15, 0.2) is 217 Å². The molecule has 0 fully saturated rings. The van der Waals surface area contributed by atoms with Crippen molar-refractivity contribution in [3.63, 3.8) is 0 Å². The zero-order valence-corrected chi connectivity index (χ0v) is 32.8. The summed E-state index contributed by atoms with van der Waals surface area (Å²) in [6.45, 7) is 0. The van der Waals surface area contributed by atoms with E-state index in [1.54, 1.807) is 0 Å². The minimum absolute atomic E-state index is 0.857. The van der Waals surface area contributed by atoms with E-state index >= 15 is 0 Å². The van der Waals surface area contributed by atoms with Crippen molar-refractivity contribution in [2.24, 2.45) is 0 Å². The lowest BCUT2D eigenvalue weighted by Crippen LogP contribution is -2.10. The van der Waals surface area contributed by atoms with Gasteiger partial charge in [-0.2, -0.15) is 0 Å². The highest BCUT2D eigenvalue weighted by molar-refractivity contribution is 7.26. The van der Waals surface area contributed by atoms with Gasteiger partial charge in [0.15, 0.2) is 5.58 Å². The largest absolute Gasteiger partial charge is 0.453 e. The van der Waals surface area contributed by atoms with Crippen LogP contribution in [0.4, 0.5) is 17.1 Å². The minimum Gasteiger partial charge on any atom is -0.453 e. The van der Waals surface area contributed by atoms with Gasteiger partial charge in [0.25, 0.3) is 0 Å². The lowest BCUT2D eigenvalue weighted by molar-refractivity contribution is 0.670. The van der Waals surface area contributed by atoms with Crippen LogP contribution in [0.1, 0.15) is 0 Å². The normalized spacial score (nSPS) is 11.7. The molecule has 0 bridgehead atoms. The second kappa shape index (κ2) is 13.6. The number of thiophene rings is 1. The van der Waals surface area contributed by atoms with E-state index in [0.717, 1.165) is 50.1 Å². The summed E-state index contributed by atoms with van der Waals surface area (Å²) in [6, 6.07) is 76.8. The van der Waals surface area contributed by atoms with Crippen molar-refractivity contribution in [1.29, 1.82) is 0 Å². The Bertz CT molecular complexity index is 3560. The quantitative estimate of drug-likeness (QED) is 0.167. The summed E-state index contributed by atoms with van der Waals surface area (Å²) in [5.74, 6) is 0. The van der Waals surface area contributed by atoms with Gasteiger partial charge in [-0.3, -0.25) is 0 Å². The molecule has 0 spiro atoms. The summed E-state index contributed by atoms with van der Waals surface area (Å²) in [4.78, 5) is 2.42. The van der Waals surface area contributed by atoms with Gasteiger partial charge in [-0.1, -0.05) is 170 Å². The maximum atomic E-state index is 7.10. The van der Waals surface area contributed by atoms with Crippen molar-refractivity contribution >= 4 is 92.1 Å². The lowest BCUT2D eigenvalue weighted by Gasteiger charge is -2.27. The fraction of sp³-hybridized carbons (Fsp3) is 0. The number of fused-ring (bicyclic) bond motifs is 8. The standard InChI is InChI=1S/C56H35NOS/c1-2-14-39(15-3-1)45-19-10-20-47-48-21-11-22-51(55(48)58-54(45)47)57(44-30-28-38(29-31-44)42-26-24-36-12-4-6-16-40(36)34-42)50-33-32-46(43-27-25-37-13-5-7-17-41(37)35-43)56-53(50)49-18-8-9-23-52(49)59-56/h1-35H. The Morgan fingerprint density at radius 2 is 0.966 bits per heavy atom. The van der Waals surface area contributed by atoms with Crippen LogP contribution in [0.2, 0.25) is 0 Å². The van der Waals surface area contributed by atoms with Crippen molar-refractivity contribution in [1.82, 2.24) is 0 Å². The van der Waals surface area contributed by atoms with Crippen molar-refractivity contribution in [2.75, 3.05) is 4.90 Å². The molecule has 0 unspecified atom stereocenters. The molecule has 0 aliphatic heterocycles. The number of benzene rings is 10. The van der Waals surface area contributed by atoms with Gasteiger partial charge in [0, 0.05) is 42.2 Å². The Hall–Kier alpha value is -7.46. The fourth-order valence-corrected chi connectivity index (χ4v) is 10.2. The highest BCUT2D eigenvalue weighted by Crippen LogP contribution is 2.51. The van der Waals surface area contributed by atoms with Crippen LogP contribution in [0.25, 0.3) is 97.0 Å². The lowest BCUT2D eigenvalue weighted by atomic mass is 9.97. The second-order valence-corrected chi connectivity index (χ2v) is 16.3. The Balaban J connectivity index is 1.11. The maximum absolute atomic E-state index is 7.10. The van der Waals surface area contributed by atoms with Gasteiger partial charge in [-0.05, 0) is 91.8 Å². The Morgan fingerprint density at radius 1 is 0.356 bits per heavy atom. The van der Waals surface area contributed by atoms with E-state index in [9.17, 15) is 0 Å². The molecule has 0 saturated heterocycles. The number of hydrogen-bond acceptors (Lipinski definition) is 3. The number of rotatable bonds is 6. The fourth-order valence-electron chi connectivity index (χ4n) is 8.99. The molecule has 59 heavy (non-hydrogen) atoms. The van der Waals surface area contributed by atoms with Gasteiger partial charge in [-0.15, -0.1) is 11.3 Å². The molecule has 0 aliphatic rings. The average Bonchev–Trinajstić information content (AvgIpc) is 3.89. The molecule has 10 aromatic carbocycles. The van der Waals surface area contributed by atoms with Gasteiger partial charge >= 0.3 is 0 Å². The van der Waals surface area contributed by atoms with Crippen LogP contribution >= 0.6 is 11.3 Å². The molecule has 0 aliphatic carbocycles. The van der Waals surface area contributed by atoms with E-state index in [4.69, 9.17) is 4.42 Å². The molecular formula is C56H35NOS. The molecule has 2 heterocycles. The third kappa shape index (κ3) is 5.55. The van der Waals surface area contributed by atoms with Crippen LogP contribution in [0.3, 0.4) is 0 Å². The molecule has 0 amide bonds. The monoisotopic (exact) mass is 769 g/mol. The summed E-state index contributed by atoms with van der Waals surface area (Å²) in [6.07, 6.45) is 0. The van der Waals surface area contributed by atoms with E-state index in [-0.39, 0.29) is 0 Å². The van der Waals surface area contributed by atoms with E-state index in [2.05, 4.69) is 217 Å². The predicted octanol–water partition coefficient (Wildman–Crippen LogP) is 16.7. The van der Waals surface area contributed by atoms with Crippen molar-refractivity contribution < 1.29 is 4.42 Å². The molecule has 12 rings (SSSR count). The molecule has 3 heteroatoms. The predicted molar refractivity (Wildman–Crippen MR) is 253 cm³/mol. The van der Waals surface area contributed by atoms with Crippen LogP contribution in [0, 0.1) is 0 Å². The number of furan rings is 1. The van der Waals surface area contributed by atoms with E-state index in [1.165, 1.54) is 64.0 Å². The topological polar surface area (TPSA) is 16.4 Å². The SMILES string of the molecule is c1ccc(-c2cccc3c2oc2c(N(c4ccc(-c5ccc6ccccc6c5)cc4)c4ccc(-c5ccc6ccccc6c5)c5sc6ccccc6c45)cccc23)cc1. The molecule has 276 valence electrons. The van der Waals surface area contributed by atoms with E-state index < -0.39 is 0 Å². The van der Waals surface area contributed by atoms with Gasteiger partial charge in [0.1, 0.15) is 5.58 Å². The molecular weight excluding hydrogens is 735 g/mol. The van der Waals surface area contributed by atoms with Crippen LogP contribution in [-0.4, -0.2) is 0 Å². The van der Waals surface area contributed by atoms with Crippen LogP contribution < -0.4 is 4.90 Å². The molecule has 12 aromatic rings. The first-order valence-electron chi connectivity index (χ1n) is 20.1. The molecule has 2 aromatic heterocycles. The highest BCUT2D eigenvalue weighted by Gasteiger charge is 2.25. The Morgan fingerprint density at radius 3 is 1.75 bits per heavy atom. The smallest absolute Gasteiger partial charge is 0.159 e. The molecule has 0 radical (unpaired) electrons. The summed E-state index contributed by atoms with van der Waals surface area (Å²) in [7, 11) is 0. The summed E-state index contributed by atoms with van der Waals surface area (Å²) in [5.41, 5.74) is 11.9. The first kappa shape index (κ1) is 33.7. The number of para-hydroxylation sites is 2. The van der Waals surface area contributed by atoms with Crippen LogP contribution in [0.5, 0.6) is 0 Å². The number of hydrogen-bond donors (Lipinski definition) is 0. The number of anilines is 3. The van der Waals surface area contributed by atoms with E-state index in [1.807, 2.05) is 11.3 Å². The maximum Gasteiger partial charge on any atom is 0.159 e. The third-order valence-corrected chi connectivity index (χ3v) is 13.0. The number of nitrogens with zero attached hydrogens (tertiary/aromatic N) is 1. The molecule has 0 saturated carbocycles. The zero-order valence-electron chi connectivity index (χ0n) is 32.0. The van der Waals surface area contributed by atoms with Gasteiger partial charge < -0.3 is 9.32 Å². The molecule has 0 N–H and O–H groups in total. The van der Waals surface area contributed by atoms with Crippen LogP contribution in [-0.2, 0) is 0 Å². The zero-order chi connectivity index (χ0) is 38.9. The van der Waals surface area contributed by atoms with Gasteiger partial charge in [0.05, 0.1) is 11.4 Å². The Kier molecular flexibility index (Phi) is 7.75. The Labute approximate surface area is 345 Å². The average molecular weight is 770 g/mol. The molecule has 0 atom stereocenters. The third-order valence-electron chi connectivity index (χ3n) is 11.8. The first-order valence-corrected chi connectivity index (χ1v) is 20.9. The van der Waals surface area contributed by atoms with Crippen molar-refractivity contribution in [3.8, 4) is 33.4 Å². The van der Waals surface area contributed by atoms with Gasteiger partial charge in [-0.25, -0.2) is 0 Å². The van der Waals surface area contributed by atoms with E-state index in [0.29, 0.717) is 0 Å². The second-order valence-electron chi connectivity index (χ2n) is 15.2. The summed E-state index contributed by atoms with van der Waals surface area (Å²) >= 11 is 1.87. The van der Waals surface area contributed by atoms with Crippen molar-refractivity contribution in [3.05, 3.63) is 212 Å². The minimum atomic E-state index is 0.857. The first-order chi connectivity index (χ1) is 29.2. The summed E-state index contributed by atoms with van der Waals surface area (Å²) in [5, 5.41) is 9.63. The highest BCUT2D eigenvalue weighted by atomic mass is 32.1.